The summed E-state index contributed by atoms with van der Waals surface area (Å²) in [6.07, 6.45) is 1.65. The number of rotatable bonds is 5. The van der Waals surface area contributed by atoms with Crippen molar-refractivity contribution in [2.45, 2.75) is 6.54 Å². The van der Waals surface area contributed by atoms with Gasteiger partial charge in [0.1, 0.15) is 11.6 Å². The summed E-state index contributed by atoms with van der Waals surface area (Å²) in [6, 6.07) is 18.2. The van der Waals surface area contributed by atoms with Gasteiger partial charge in [-0.3, -0.25) is 4.79 Å². The van der Waals surface area contributed by atoms with Crippen LogP contribution in [0.15, 0.2) is 72.9 Å². The van der Waals surface area contributed by atoms with E-state index in [1.807, 2.05) is 36.4 Å². The van der Waals surface area contributed by atoms with E-state index < -0.39 is 0 Å². The van der Waals surface area contributed by atoms with Gasteiger partial charge in [-0.2, -0.15) is 0 Å². The molecule has 1 N–H and O–H groups in total. The van der Waals surface area contributed by atoms with Crippen LogP contribution in [0.4, 0.5) is 4.39 Å². The van der Waals surface area contributed by atoms with Crippen LogP contribution in [0.2, 0.25) is 0 Å². The normalized spacial score (nSPS) is 10.2. The Bertz CT molecular complexity index is 820. The van der Waals surface area contributed by atoms with Crippen LogP contribution in [0.3, 0.4) is 0 Å². The van der Waals surface area contributed by atoms with Gasteiger partial charge in [-0.1, -0.05) is 18.2 Å². The van der Waals surface area contributed by atoms with Gasteiger partial charge < -0.3 is 10.1 Å². The molecule has 0 aliphatic rings. The Morgan fingerprint density at radius 2 is 1.88 bits per heavy atom. The molecule has 0 atom stereocenters. The highest BCUT2D eigenvalue weighted by Crippen LogP contribution is 2.20. The fourth-order valence-electron chi connectivity index (χ4n) is 2.13. The lowest BCUT2D eigenvalue weighted by Crippen LogP contribution is -2.22. The van der Waals surface area contributed by atoms with Gasteiger partial charge in [0.15, 0.2) is 0 Å². The molecule has 5 heteroatoms. The Morgan fingerprint density at radius 3 is 2.62 bits per heavy atom. The second-order valence-electron chi connectivity index (χ2n) is 5.11. The number of halogens is 1. The third-order valence-electron chi connectivity index (χ3n) is 3.32. The summed E-state index contributed by atoms with van der Waals surface area (Å²) < 4.78 is 18.5. The zero-order chi connectivity index (χ0) is 16.8. The molecule has 1 heterocycles. The average Bonchev–Trinajstić information content (AvgIpc) is 2.61. The molecule has 1 aromatic heterocycles. The van der Waals surface area contributed by atoms with E-state index in [0.29, 0.717) is 23.7 Å². The number of ether oxygens (including phenoxy) is 1. The summed E-state index contributed by atoms with van der Waals surface area (Å²) in [5.74, 6) is 0.518. The summed E-state index contributed by atoms with van der Waals surface area (Å²) in [4.78, 5) is 16.1. The standard InChI is InChI=1S/C19H15FN2O2/c20-16-9-7-15(8-10-16)19(23)22-13-14-4-3-5-17(12-14)24-18-6-1-2-11-21-18/h1-12H,13H2,(H,22,23). The van der Waals surface area contributed by atoms with Gasteiger partial charge in [-0.25, -0.2) is 9.37 Å². The van der Waals surface area contributed by atoms with Crippen LogP contribution in [0, 0.1) is 5.82 Å². The maximum Gasteiger partial charge on any atom is 0.251 e. The van der Waals surface area contributed by atoms with Crippen LogP contribution in [0.1, 0.15) is 15.9 Å². The summed E-state index contributed by atoms with van der Waals surface area (Å²) >= 11 is 0. The van der Waals surface area contributed by atoms with Crippen molar-refractivity contribution in [1.82, 2.24) is 10.3 Å². The fraction of sp³-hybridized carbons (Fsp3) is 0.0526. The van der Waals surface area contributed by atoms with Gasteiger partial charge in [0, 0.05) is 24.4 Å². The molecule has 120 valence electrons. The van der Waals surface area contributed by atoms with Crippen molar-refractivity contribution < 1.29 is 13.9 Å². The summed E-state index contributed by atoms with van der Waals surface area (Å²) in [5.41, 5.74) is 1.30. The molecule has 0 fully saturated rings. The fourth-order valence-corrected chi connectivity index (χ4v) is 2.13. The third kappa shape index (κ3) is 4.16. The zero-order valence-electron chi connectivity index (χ0n) is 12.8. The van der Waals surface area contributed by atoms with Crippen molar-refractivity contribution in [2.75, 3.05) is 0 Å². The van der Waals surface area contributed by atoms with Crippen LogP contribution < -0.4 is 10.1 Å². The van der Waals surface area contributed by atoms with Gasteiger partial charge >= 0.3 is 0 Å². The Hall–Kier alpha value is -3.21. The van der Waals surface area contributed by atoms with Crippen molar-refractivity contribution in [3.8, 4) is 11.6 Å². The van der Waals surface area contributed by atoms with E-state index in [1.54, 1.807) is 12.3 Å². The first-order valence-corrected chi connectivity index (χ1v) is 7.42. The third-order valence-corrected chi connectivity index (χ3v) is 3.32. The maximum atomic E-state index is 12.9. The highest BCUT2D eigenvalue weighted by molar-refractivity contribution is 5.94. The summed E-state index contributed by atoms with van der Waals surface area (Å²) in [6.45, 7) is 0.343. The number of amides is 1. The van der Waals surface area contributed by atoms with E-state index >= 15 is 0 Å². The van der Waals surface area contributed by atoms with Gasteiger partial charge in [0.05, 0.1) is 0 Å². The summed E-state index contributed by atoms with van der Waals surface area (Å²) in [5, 5.41) is 2.79. The number of carbonyl (C=O) groups excluding carboxylic acids is 1. The molecule has 0 radical (unpaired) electrons. The molecular weight excluding hydrogens is 307 g/mol. The highest BCUT2D eigenvalue weighted by Gasteiger charge is 2.06. The van der Waals surface area contributed by atoms with E-state index in [9.17, 15) is 9.18 Å². The smallest absolute Gasteiger partial charge is 0.251 e. The summed E-state index contributed by atoms with van der Waals surface area (Å²) in [7, 11) is 0. The lowest BCUT2D eigenvalue weighted by atomic mass is 10.2. The zero-order valence-corrected chi connectivity index (χ0v) is 12.8. The lowest BCUT2D eigenvalue weighted by Gasteiger charge is -2.08. The number of hydrogen-bond donors (Lipinski definition) is 1. The quantitative estimate of drug-likeness (QED) is 0.774. The van der Waals surface area contributed by atoms with E-state index in [1.165, 1.54) is 24.3 Å². The second kappa shape index (κ2) is 7.37. The van der Waals surface area contributed by atoms with Gasteiger partial charge in [-0.05, 0) is 48.0 Å². The van der Waals surface area contributed by atoms with Gasteiger partial charge in [0.25, 0.3) is 5.91 Å². The van der Waals surface area contributed by atoms with Crippen molar-refractivity contribution in [3.63, 3.8) is 0 Å². The number of pyridine rings is 1. The number of hydrogen-bond acceptors (Lipinski definition) is 3. The number of benzene rings is 2. The predicted molar refractivity (Wildman–Crippen MR) is 88.3 cm³/mol. The number of carbonyl (C=O) groups is 1. The maximum absolute atomic E-state index is 12.9. The molecule has 2 aromatic carbocycles. The highest BCUT2D eigenvalue weighted by atomic mass is 19.1. The molecule has 3 rings (SSSR count). The molecule has 24 heavy (non-hydrogen) atoms. The van der Waals surface area contributed by atoms with Crippen molar-refractivity contribution in [3.05, 3.63) is 89.9 Å². The molecule has 4 nitrogen and oxygen atoms in total. The second-order valence-corrected chi connectivity index (χ2v) is 5.11. The minimum atomic E-state index is -0.370. The Balaban J connectivity index is 1.62. The minimum Gasteiger partial charge on any atom is -0.439 e. The molecule has 0 saturated carbocycles. The molecule has 1 amide bonds. The van der Waals surface area contributed by atoms with Crippen LogP contribution in [-0.2, 0) is 6.54 Å². The number of nitrogens with zero attached hydrogens (tertiary/aromatic N) is 1. The van der Waals surface area contributed by atoms with Gasteiger partial charge in [-0.15, -0.1) is 0 Å². The molecule has 3 aromatic rings. The first-order valence-electron chi connectivity index (χ1n) is 7.42. The SMILES string of the molecule is O=C(NCc1cccc(Oc2ccccn2)c1)c1ccc(F)cc1. The molecule has 0 unspecified atom stereocenters. The van der Waals surface area contributed by atoms with E-state index in [2.05, 4.69) is 10.3 Å². The molecule has 0 bridgehead atoms. The van der Waals surface area contributed by atoms with E-state index in [4.69, 9.17) is 4.74 Å². The van der Waals surface area contributed by atoms with Gasteiger partial charge in [0.2, 0.25) is 5.88 Å². The average molecular weight is 322 g/mol. The topological polar surface area (TPSA) is 51.2 Å². The lowest BCUT2D eigenvalue weighted by molar-refractivity contribution is 0.0951. The Kier molecular flexibility index (Phi) is 4.81. The monoisotopic (exact) mass is 322 g/mol. The first kappa shape index (κ1) is 15.7. The van der Waals surface area contributed by atoms with Crippen molar-refractivity contribution in [2.24, 2.45) is 0 Å². The minimum absolute atomic E-state index is 0.258. The molecule has 0 aliphatic carbocycles. The van der Waals surface area contributed by atoms with E-state index in [-0.39, 0.29) is 11.7 Å². The van der Waals surface area contributed by atoms with Crippen LogP contribution >= 0.6 is 0 Å². The predicted octanol–water partition coefficient (Wildman–Crippen LogP) is 3.94. The molecule has 0 aliphatic heterocycles. The Morgan fingerprint density at radius 1 is 1.04 bits per heavy atom. The number of aromatic nitrogens is 1. The molecule has 0 spiro atoms. The van der Waals surface area contributed by atoms with Crippen molar-refractivity contribution in [1.29, 1.82) is 0 Å². The first-order chi connectivity index (χ1) is 11.7. The van der Waals surface area contributed by atoms with Crippen LogP contribution in [0.25, 0.3) is 0 Å². The number of nitrogens with one attached hydrogen (secondary N) is 1. The molecular formula is C19H15FN2O2. The largest absolute Gasteiger partial charge is 0.439 e. The Labute approximate surface area is 138 Å². The van der Waals surface area contributed by atoms with Crippen molar-refractivity contribution >= 4 is 5.91 Å². The van der Waals surface area contributed by atoms with Crippen LogP contribution in [0.5, 0.6) is 11.6 Å². The molecule has 0 saturated heterocycles. The van der Waals surface area contributed by atoms with E-state index in [0.717, 1.165) is 5.56 Å². The van der Waals surface area contributed by atoms with Crippen LogP contribution in [-0.4, -0.2) is 10.9 Å².